The van der Waals surface area contributed by atoms with E-state index in [-0.39, 0.29) is 11.9 Å². The minimum atomic E-state index is -0.599. The van der Waals surface area contributed by atoms with Crippen molar-refractivity contribution in [3.05, 3.63) is 16.0 Å². The maximum Gasteiger partial charge on any atom is 0.341 e. The number of thiophene rings is 1. The van der Waals surface area contributed by atoms with Crippen LogP contribution in [0.2, 0.25) is 0 Å². The molecule has 0 unspecified atom stereocenters. The molecule has 0 atom stereocenters. The number of carbonyl (C=O) groups excluding carboxylic acids is 2. The number of nitrogens with two attached hydrogens (primary N) is 1. The molecule has 0 radical (unpaired) electrons. The zero-order valence-electron chi connectivity index (χ0n) is 12.8. The van der Waals surface area contributed by atoms with Crippen molar-refractivity contribution in [1.29, 1.82) is 0 Å². The van der Waals surface area contributed by atoms with Gasteiger partial charge in [0.1, 0.15) is 10.6 Å². The Hall–Kier alpha value is -1.56. The molecular weight excluding hydrogens is 276 g/mol. The second kappa shape index (κ2) is 5.83. The molecule has 0 spiro atoms. The first-order valence-electron chi connectivity index (χ1n) is 6.46. The molecule has 20 heavy (non-hydrogen) atoms. The molecule has 0 bridgehead atoms. The van der Waals surface area contributed by atoms with Crippen LogP contribution in [0, 0.1) is 6.92 Å². The topological polar surface area (TPSA) is 81.4 Å². The Morgan fingerprint density at radius 2 is 1.85 bits per heavy atom. The number of carbonyl (C=O) groups is 2. The largest absolute Gasteiger partial charge is 0.456 e. The van der Waals surface area contributed by atoms with Crippen LogP contribution in [0.25, 0.3) is 0 Å². The number of rotatable bonds is 3. The number of nitrogen functional groups attached to an aromatic ring is 1. The lowest BCUT2D eigenvalue weighted by Crippen LogP contribution is -2.30. The van der Waals surface area contributed by atoms with Crippen LogP contribution in [0.1, 0.15) is 60.2 Å². The van der Waals surface area contributed by atoms with Crippen molar-refractivity contribution >= 4 is 28.2 Å². The minimum Gasteiger partial charge on any atom is -0.456 e. The second-order valence-corrected chi connectivity index (χ2v) is 6.98. The molecule has 1 aromatic rings. The summed E-state index contributed by atoms with van der Waals surface area (Å²) in [6.45, 7) is 10.8. The molecule has 6 heteroatoms. The molecule has 1 amide bonds. The molecule has 1 rings (SSSR count). The Morgan fingerprint density at radius 3 is 2.30 bits per heavy atom. The molecule has 0 aromatic carbocycles. The zero-order chi connectivity index (χ0) is 15.7. The Morgan fingerprint density at radius 1 is 1.30 bits per heavy atom. The van der Waals surface area contributed by atoms with Gasteiger partial charge in [0.15, 0.2) is 0 Å². The first-order chi connectivity index (χ1) is 9.03. The highest BCUT2D eigenvalue weighted by Gasteiger charge is 2.27. The van der Waals surface area contributed by atoms with Gasteiger partial charge >= 0.3 is 5.97 Å². The highest BCUT2D eigenvalue weighted by Crippen LogP contribution is 2.32. The average molecular weight is 298 g/mol. The van der Waals surface area contributed by atoms with E-state index in [4.69, 9.17) is 10.5 Å². The molecule has 1 heterocycles. The monoisotopic (exact) mass is 298 g/mol. The van der Waals surface area contributed by atoms with Crippen molar-refractivity contribution < 1.29 is 14.3 Å². The van der Waals surface area contributed by atoms with Crippen molar-refractivity contribution in [1.82, 2.24) is 5.32 Å². The van der Waals surface area contributed by atoms with Crippen molar-refractivity contribution in [2.45, 2.75) is 53.2 Å². The summed E-state index contributed by atoms with van der Waals surface area (Å²) >= 11 is 1.11. The molecule has 3 N–H and O–H groups in total. The molecule has 0 aliphatic rings. The fourth-order valence-corrected chi connectivity index (χ4v) is 2.63. The number of amides is 1. The molecule has 0 aliphatic carbocycles. The third-order valence-electron chi connectivity index (χ3n) is 2.40. The Bertz CT molecular complexity index is 527. The van der Waals surface area contributed by atoms with Crippen molar-refractivity contribution in [3.63, 3.8) is 0 Å². The van der Waals surface area contributed by atoms with Crippen LogP contribution in [0.15, 0.2) is 0 Å². The van der Waals surface area contributed by atoms with Crippen LogP contribution >= 0.6 is 11.3 Å². The third-order valence-corrected chi connectivity index (χ3v) is 3.52. The van der Waals surface area contributed by atoms with Crippen LogP contribution in [-0.2, 0) is 4.74 Å². The summed E-state index contributed by atoms with van der Waals surface area (Å²) in [4.78, 5) is 24.6. The number of hydrogen-bond acceptors (Lipinski definition) is 5. The number of anilines is 1. The first-order valence-corrected chi connectivity index (χ1v) is 7.27. The van der Waals surface area contributed by atoms with E-state index in [1.165, 1.54) is 0 Å². The van der Waals surface area contributed by atoms with E-state index < -0.39 is 11.6 Å². The van der Waals surface area contributed by atoms with E-state index in [1.54, 1.807) is 27.7 Å². The van der Waals surface area contributed by atoms with E-state index in [2.05, 4.69) is 5.32 Å². The van der Waals surface area contributed by atoms with Crippen LogP contribution in [-0.4, -0.2) is 23.5 Å². The van der Waals surface area contributed by atoms with Crippen molar-refractivity contribution in [2.75, 3.05) is 5.73 Å². The molecule has 5 nitrogen and oxygen atoms in total. The van der Waals surface area contributed by atoms with Gasteiger partial charge in [0, 0.05) is 6.04 Å². The molecule has 1 aromatic heterocycles. The van der Waals surface area contributed by atoms with Gasteiger partial charge in [-0.1, -0.05) is 0 Å². The third kappa shape index (κ3) is 3.96. The van der Waals surface area contributed by atoms with Gasteiger partial charge in [-0.3, -0.25) is 4.79 Å². The highest BCUT2D eigenvalue weighted by molar-refractivity contribution is 7.18. The van der Waals surface area contributed by atoms with E-state index in [0.29, 0.717) is 21.0 Å². The SMILES string of the molecule is Cc1c(C(=O)NC(C)C)sc(N)c1C(=O)OC(C)(C)C. The van der Waals surface area contributed by atoms with Crippen LogP contribution in [0.4, 0.5) is 5.00 Å². The summed E-state index contributed by atoms with van der Waals surface area (Å²) in [5, 5.41) is 3.10. The predicted molar refractivity (Wildman–Crippen MR) is 81.2 cm³/mol. The summed E-state index contributed by atoms with van der Waals surface area (Å²) in [6.07, 6.45) is 0. The summed E-state index contributed by atoms with van der Waals surface area (Å²) in [7, 11) is 0. The van der Waals surface area contributed by atoms with Crippen LogP contribution < -0.4 is 11.1 Å². The molecule has 0 saturated carbocycles. The van der Waals surface area contributed by atoms with Gasteiger partial charge in [-0.05, 0) is 47.1 Å². The number of esters is 1. The van der Waals surface area contributed by atoms with E-state index >= 15 is 0 Å². The molecule has 0 aliphatic heterocycles. The lowest BCUT2D eigenvalue weighted by Gasteiger charge is -2.19. The molecule has 112 valence electrons. The summed E-state index contributed by atoms with van der Waals surface area (Å²) < 4.78 is 5.32. The fraction of sp³-hybridized carbons (Fsp3) is 0.571. The molecule has 0 saturated heterocycles. The first kappa shape index (κ1) is 16.5. The maximum absolute atomic E-state index is 12.1. The smallest absolute Gasteiger partial charge is 0.341 e. The van der Waals surface area contributed by atoms with Gasteiger partial charge in [0.2, 0.25) is 0 Å². The van der Waals surface area contributed by atoms with Crippen LogP contribution in [0.3, 0.4) is 0 Å². The Labute approximate surface area is 123 Å². The lowest BCUT2D eigenvalue weighted by molar-refractivity contribution is 0.00706. The van der Waals surface area contributed by atoms with Gasteiger partial charge in [0.05, 0.1) is 10.4 Å². The van der Waals surface area contributed by atoms with Crippen molar-refractivity contribution in [2.24, 2.45) is 0 Å². The van der Waals surface area contributed by atoms with E-state index in [1.807, 2.05) is 13.8 Å². The minimum absolute atomic E-state index is 0.0233. The van der Waals surface area contributed by atoms with Gasteiger partial charge in [-0.25, -0.2) is 4.79 Å². The maximum atomic E-state index is 12.1. The Kier molecular flexibility index (Phi) is 4.81. The summed E-state index contributed by atoms with van der Waals surface area (Å²) in [5.74, 6) is -0.712. The van der Waals surface area contributed by atoms with Gasteiger partial charge in [-0.2, -0.15) is 0 Å². The number of hydrogen-bond donors (Lipinski definition) is 2. The average Bonchev–Trinajstić information content (AvgIpc) is 2.50. The van der Waals surface area contributed by atoms with Crippen molar-refractivity contribution in [3.8, 4) is 0 Å². The van der Waals surface area contributed by atoms with Gasteiger partial charge < -0.3 is 15.8 Å². The normalized spacial score (nSPS) is 11.6. The molecule has 0 fully saturated rings. The number of ether oxygens (including phenoxy) is 1. The molecular formula is C14H22N2O3S. The second-order valence-electron chi connectivity index (χ2n) is 5.93. The standard InChI is InChI=1S/C14H22N2O3S/c1-7(2)16-12(17)10-8(3)9(11(15)20-10)13(18)19-14(4,5)6/h7H,15H2,1-6H3,(H,16,17). The predicted octanol–water partition coefficient (Wildman–Crippen LogP) is 2.73. The van der Waals surface area contributed by atoms with Gasteiger partial charge in [-0.15, -0.1) is 11.3 Å². The van der Waals surface area contributed by atoms with Crippen LogP contribution in [0.5, 0.6) is 0 Å². The lowest BCUT2D eigenvalue weighted by atomic mass is 10.1. The number of nitrogens with one attached hydrogen (secondary N) is 1. The highest BCUT2D eigenvalue weighted by atomic mass is 32.1. The van der Waals surface area contributed by atoms with E-state index in [0.717, 1.165) is 11.3 Å². The Balaban J connectivity index is 3.09. The quantitative estimate of drug-likeness (QED) is 0.841. The fourth-order valence-electron chi connectivity index (χ4n) is 1.66. The zero-order valence-corrected chi connectivity index (χ0v) is 13.6. The summed E-state index contributed by atoms with van der Waals surface area (Å²) in [5.41, 5.74) is 6.13. The van der Waals surface area contributed by atoms with E-state index in [9.17, 15) is 9.59 Å². The summed E-state index contributed by atoms with van der Waals surface area (Å²) in [6, 6.07) is 0.0233. The van der Waals surface area contributed by atoms with Gasteiger partial charge in [0.25, 0.3) is 5.91 Å².